The molecule has 0 heterocycles. The Hall–Kier alpha value is -1.31. The van der Waals surface area contributed by atoms with Crippen LogP contribution in [0.3, 0.4) is 0 Å². The Labute approximate surface area is 86.3 Å². The maximum atomic E-state index is 11.4. The fraction of sp³-hybridized carbons (Fsp3) is 0.417. The van der Waals surface area contributed by atoms with Gasteiger partial charge in [-0.15, -0.1) is 0 Å². The minimum atomic E-state index is -1.24. The van der Waals surface area contributed by atoms with Crippen LogP contribution in [0.15, 0.2) is 30.3 Å². The van der Waals surface area contributed by atoms with Crippen molar-refractivity contribution in [2.45, 2.75) is 19.8 Å². The molecule has 0 aromatic heterocycles. The molecule has 1 rings (SSSR count). The van der Waals surface area contributed by atoms with Crippen molar-refractivity contribution in [3.63, 3.8) is 0 Å². The van der Waals surface area contributed by atoms with E-state index in [9.17, 15) is 4.79 Å². The van der Waals surface area contributed by atoms with Crippen LogP contribution in [0.2, 0.25) is 0 Å². The highest BCUT2D eigenvalue weighted by Crippen LogP contribution is 2.24. The summed E-state index contributed by atoms with van der Waals surface area (Å²) < 4.78 is 12.6. The van der Waals surface area contributed by atoms with Gasteiger partial charge in [0, 0.05) is 1.37 Å². The number of hydrogen-bond acceptors (Lipinski definition) is 2. The predicted molar refractivity (Wildman–Crippen MR) is 56.0 cm³/mol. The lowest BCUT2D eigenvalue weighted by atomic mass is 9.89. The van der Waals surface area contributed by atoms with E-state index in [4.69, 9.17) is 1.37 Å². The van der Waals surface area contributed by atoms with E-state index in [0.717, 1.165) is 5.56 Å². The standard InChI is InChI=1S/C12H16O2/c1-9(10(2)12(13)14-3)11-7-5-4-6-8-11/h4-10H,1-3H3/t9-,10-/m1/s1/i10D. The van der Waals surface area contributed by atoms with Gasteiger partial charge in [0.15, 0.2) is 0 Å². The number of benzene rings is 1. The molecule has 0 saturated carbocycles. The lowest BCUT2D eigenvalue weighted by Gasteiger charge is -2.17. The lowest BCUT2D eigenvalue weighted by Crippen LogP contribution is -2.18. The first-order valence-electron chi connectivity index (χ1n) is 5.13. The zero-order valence-corrected chi connectivity index (χ0v) is 8.78. The first kappa shape index (κ1) is 9.25. The second-order valence-electron chi connectivity index (χ2n) is 3.31. The Bertz CT molecular complexity index is 333. The van der Waals surface area contributed by atoms with Gasteiger partial charge in [0.2, 0.25) is 0 Å². The van der Waals surface area contributed by atoms with E-state index in [-0.39, 0.29) is 5.92 Å². The summed E-state index contributed by atoms with van der Waals surface area (Å²) >= 11 is 0. The minimum absolute atomic E-state index is 0.189. The highest BCUT2D eigenvalue weighted by Gasteiger charge is 2.21. The van der Waals surface area contributed by atoms with E-state index >= 15 is 0 Å². The molecule has 14 heavy (non-hydrogen) atoms. The summed E-state index contributed by atoms with van der Waals surface area (Å²) in [5, 5.41) is 0. The highest BCUT2D eigenvalue weighted by atomic mass is 16.5. The van der Waals surface area contributed by atoms with Crippen LogP contribution in [0.25, 0.3) is 0 Å². The quantitative estimate of drug-likeness (QED) is 0.690. The van der Waals surface area contributed by atoms with Gasteiger partial charge in [-0.2, -0.15) is 0 Å². The molecule has 0 aliphatic rings. The van der Waals surface area contributed by atoms with Gasteiger partial charge in [-0.3, -0.25) is 4.79 Å². The molecule has 0 aliphatic carbocycles. The Kier molecular flexibility index (Phi) is 3.17. The van der Waals surface area contributed by atoms with Crippen LogP contribution in [0.1, 0.15) is 26.7 Å². The van der Waals surface area contributed by atoms with E-state index in [1.807, 2.05) is 37.3 Å². The Morgan fingerprint density at radius 1 is 1.36 bits per heavy atom. The topological polar surface area (TPSA) is 26.3 Å². The normalized spacial score (nSPS) is 17.8. The molecule has 0 amide bonds. The molecule has 2 heteroatoms. The van der Waals surface area contributed by atoms with E-state index < -0.39 is 11.9 Å². The number of esters is 1. The van der Waals surface area contributed by atoms with Gasteiger partial charge in [0.05, 0.1) is 13.0 Å². The average molecular weight is 193 g/mol. The van der Waals surface area contributed by atoms with Gasteiger partial charge in [-0.1, -0.05) is 44.2 Å². The summed E-state index contributed by atoms with van der Waals surface area (Å²) in [4.78, 5) is 11.4. The van der Waals surface area contributed by atoms with Crippen molar-refractivity contribution in [1.29, 1.82) is 0 Å². The SMILES string of the molecule is [2H][C@](C)(C(=O)OC)[C@@H](C)c1ccccc1. The maximum Gasteiger partial charge on any atom is 0.308 e. The van der Waals surface area contributed by atoms with Crippen molar-refractivity contribution in [2.24, 2.45) is 5.89 Å². The molecule has 0 saturated heterocycles. The Morgan fingerprint density at radius 3 is 2.43 bits per heavy atom. The summed E-state index contributed by atoms with van der Waals surface area (Å²) in [5.74, 6) is -1.93. The summed E-state index contributed by atoms with van der Waals surface area (Å²) in [6.45, 7) is 3.44. The molecule has 0 bridgehead atoms. The fourth-order valence-corrected chi connectivity index (χ4v) is 1.33. The molecule has 0 N–H and O–H groups in total. The van der Waals surface area contributed by atoms with E-state index in [2.05, 4.69) is 4.74 Å². The summed E-state index contributed by atoms with van der Waals surface area (Å²) in [6.07, 6.45) is 0. The predicted octanol–water partition coefficient (Wildman–Crippen LogP) is 2.60. The molecule has 1 aromatic carbocycles. The minimum Gasteiger partial charge on any atom is -0.469 e. The third kappa shape index (κ3) is 2.34. The molecule has 1 aromatic rings. The first-order chi connectivity index (χ1) is 7.00. The molecule has 0 fully saturated rings. The number of ether oxygens (including phenoxy) is 1. The van der Waals surface area contributed by atoms with Crippen molar-refractivity contribution >= 4 is 5.97 Å². The summed E-state index contributed by atoms with van der Waals surface area (Å²) in [6, 6.07) is 9.55. The zero-order chi connectivity index (χ0) is 11.5. The van der Waals surface area contributed by atoms with Gasteiger partial charge >= 0.3 is 5.97 Å². The van der Waals surface area contributed by atoms with Crippen LogP contribution in [0.5, 0.6) is 0 Å². The molecule has 76 valence electrons. The van der Waals surface area contributed by atoms with Gasteiger partial charge in [-0.05, 0) is 11.5 Å². The van der Waals surface area contributed by atoms with Gasteiger partial charge < -0.3 is 4.74 Å². The molecule has 2 atom stereocenters. The number of methoxy groups -OCH3 is 1. The number of carbonyl (C=O) groups is 1. The van der Waals surface area contributed by atoms with Crippen LogP contribution in [-0.4, -0.2) is 13.1 Å². The first-order valence-corrected chi connectivity index (χ1v) is 4.63. The van der Waals surface area contributed by atoms with Crippen molar-refractivity contribution in [1.82, 2.24) is 0 Å². The molecule has 0 radical (unpaired) electrons. The van der Waals surface area contributed by atoms with Crippen molar-refractivity contribution in [3.8, 4) is 0 Å². The van der Waals surface area contributed by atoms with Crippen LogP contribution in [0.4, 0.5) is 0 Å². The smallest absolute Gasteiger partial charge is 0.308 e. The van der Waals surface area contributed by atoms with Gasteiger partial charge in [0.25, 0.3) is 0 Å². The lowest BCUT2D eigenvalue weighted by molar-refractivity contribution is -0.145. The van der Waals surface area contributed by atoms with Gasteiger partial charge in [0.1, 0.15) is 0 Å². The second kappa shape index (κ2) is 4.80. The fourth-order valence-electron chi connectivity index (χ4n) is 1.33. The molecule has 0 aliphatic heterocycles. The maximum absolute atomic E-state index is 11.4. The van der Waals surface area contributed by atoms with Crippen LogP contribution in [0, 0.1) is 5.89 Å². The van der Waals surface area contributed by atoms with E-state index in [1.54, 1.807) is 6.92 Å². The third-order valence-electron chi connectivity index (χ3n) is 2.46. The van der Waals surface area contributed by atoms with Crippen molar-refractivity contribution < 1.29 is 10.9 Å². The van der Waals surface area contributed by atoms with E-state index in [0.29, 0.717) is 0 Å². The number of hydrogen-bond donors (Lipinski definition) is 0. The van der Waals surface area contributed by atoms with E-state index in [1.165, 1.54) is 7.11 Å². The Morgan fingerprint density at radius 2 is 1.93 bits per heavy atom. The second-order valence-corrected chi connectivity index (χ2v) is 3.31. The zero-order valence-electron chi connectivity index (χ0n) is 9.78. The molecule has 0 spiro atoms. The Balaban J connectivity index is 2.94. The third-order valence-corrected chi connectivity index (χ3v) is 2.46. The molecular formula is C12H16O2. The summed E-state index contributed by atoms with van der Waals surface area (Å²) in [7, 11) is 1.31. The average Bonchev–Trinajstić information content (AvgIpc) is 2.28. The van der Waals surface area contributed by atoms with Crippen LogP contribution >= 0.6 is 0 Å². The molecule has 2 nitrogen and oxygen atoms in total. The van der Waals surface area contributed by atoms with Crippen LogP contribution < -0.4 is 0 Å². The monoisotopic (exact) mass is 193 g/mol. The largest absolute Gasteiger partial charge is 0.469 e. The highest BCUT2D eigenvalue weighted by molar-refractivity contribution is 5.73. The van der Waals surface area contributed by atoms with Crippen molar-refractivity contribution in [2.75, 3.05) is 7.11 Å². The molecule has 0 unspecified atom stereocenters. The van der Waals surface area contributed by atoms with Gasteiger partial charge in [-0.25, -0.2) is 0 Å². The van der Waals surface area contributed by atoms with Crippen LogP contribution in [-0.2, 0) is 9.53 Å². The molecular weight excluding hydrogens is 176 g/mol. The number of rotatable bonds is 3. The van der Waals surface area contributed by atoms with Crippen molar-refractivity contribution in [3.05, 3.63) is 35.9 Å². The summed E-state index contributed by atoms with van der Waals surface area (Å²) in [5.41, 5.74) is 0.973. The number of carbonyl (C=O) groups excluding carboxylic acids is 1.